The summed E-state index contributed by atoms with van der Waals surface area (Å²) in [7, 11) is 0. The molecular formula is C14H21N3O3. The minimum Gasteiger partial charge on any atom is -0.491 e. The number of nitrogens with one attached hydrogen (secondary N) is 2. The van der Waals surface area contributed by atoms with Gasteiger partial charge in [-0.25, -0.2) is 4.79 Å². The lowest BCUT2D eigenvalue weighted by atomic mass is 10.2. The number of ether oxygens (including phenoxy) is 2. The van der Waals surface area contributed by atoms with Gasteiger partial charge in [0.25, 0.3) is 0 Å². The minimum absolute atomic E-state index is 0.299. The molecule has 0 aromatic heterocycles. The van der Waals surface area contributed by atoms with Crippen LogP contribution < -0.4 is 25.8 Å². The van der Waals surface area contributed by atoms with E-state index in [1.165, 1.54) is 6.26 Å². The van der Waals surface area contributed by atoms with Crippen LogP contribution in [0.3, 0.4) is 0 Å². The molecule has 1 aromatic rings. The molecule has 6 nitrogen and oxygen atoms in total. The zero-order valence-corrected chi connectivity index (χ0v) is 11.6. The van der Waals surface area contributed by atoms with E-state index in [9.17, 15) is 4.79 Å². The van der Waals surface area contributed by atoms with Crippen LogP contribution in [0.2, 0.25) is 0 Å². The van der Waals surface area contributed by atoms with E-state index in [4.69, 9.17) is 15.2 Å². The Hall–Kier alpha value is -2.21. The molecule has 0 saturated carbocycles. The van der Waals surface area contributed by atoms with Gasteiger partial charge in [0.15, 0.2) is 0 Å². The Bertz CT molecular complexity index is 449. The van der Waals surface area contributed by atoms with Gasteiger partial charge >= 0.3 is 6.03 Å². The Morgan fingerprint density at radius 2 is 2.30 bits per heavy atom. The van der Waals surface area contributed by atoms with Gasteiger partial charge < -0.3 is 25.8 Å². The zero-order chi connectivity index (χ0) is 14.8. The summed E-state index contributed by atoms with van der Waals surface area (Å²) in [5, 5.41) is 5.37. The summed E-state index contributed by atoms with van der Waals surface area (Å²) in [5.74, 6) is 1.14. The summed E-state index contributed by atoms with van der Waals surface area (Å²) in [5.41, 5.74) is 5.96. The lowest BCUT2D eigenvalue weighted by Crippen LogP contribution is -2.28. The third-order valence-electron chi connectivity index (χ3n) is 2.36. The fourth-order valence-electron chi connectivity index (χ4n) is 1.49. The summed E-state index contributed by atoms with van der Waals surface area (Å²) >= 11 is 0. The topological polar surface area (TPSA) is 85.6 Å². The molecule has 0 unspecified atom stereocenters. The molecule has 4 N–H and O–H groups in total. The first-order valence-corrected chi connectivity index (χ1v) is 6.50. The fourth-order valence-corrected chi connectivity index (χ4v) is 1.49. The molecule has 0 saturated heterocycles. The van der Waals surface area contributed by atoms with Crippen molar-refractivity contribution < 1.29 is 14.3 Å². The number of hydrogen-bond donors (Lipinski definition) is 3. The fraction of sp³-hybridized carbons (Fsp3) is 0.357. The minimum atomic E-state index is -0.299. The smallest absolute Gasteiger partial charge is 0.319 e. The highest BCUT2D eigenvalue weighted by Gasteiger charge is 2.09. The zero-order valence-electron chi connectivity index (χ0n) is 11.6. The number of carbonyl (C=O) groups is 1. The molecule has 110 valence electrons. The average molecular weight is 279 g/mol. The van der Waals surface area contributed by atoms with Crippen molar-refractivity contribution in [1.29, 1.82) is 0 Å². The Morgan fingerprint density at radius 3 is 2.95 bits per heavy atom. The molecule has 20 heavy (non-hydrogen) atoms. The maximum Gasteiger partial charge on any atom is 0.319 e. The number of rotatable bonds is 8. The highest BCUT2D eigenvalue weighted by atomic mass is 16.5. The second kappa shape index (κ2) is 8.82. The second-order valence-corrected chi connectivity index (χ2v) is 3.92. The van der Waals surface area contributed by atoms with E-state index < -0.39 is 0 Å². The van der Waals surface area contributed by atoms with Gasteiger partial charge in [0, 0.05) is 12.6 Å². The third-order valence-corrected chi connectivity index (χ3v) is 2.36. The van der Waals surface area contributed by atoms with E-state index in [2.05, 4.69) is 17.2 Å². The first kappa shape index (κ1) is 15.8. The SMILES string of the molecule is C=COc1ccc(OCCCN)c(NC(=O)NCC)c1. The standard InChI is InChI=1S/C14H21N3O3/c1-3-16-14(18)17-12-10-11(19-4-2)6-7-13(12)20-9-5-8-15/h4,6-7,10H,2-3,5,8-9,15H2,1H3,(H2,16,17,18). The van der Waals surface area contributed by atoms with E-state index >= 15 is 0 Å². The normalized spacial score (nSPS) is 9.70. The van der Waals surface area contributed by atoms with Crippen LogP contribution in [0.1, 0.15) is 13.3 Å². The van der Waals surface area contributed by atoms with Gasteiger partial charge in [-0.3, -0.25) is 0 Å². The van der Waals surface area contributed by atoms with Crippen LogP contribution in [-0.4, -0.2) is 25.7 Å². The Balaban J connectivity index is 2.84. The number of amides is 2. The molecule has 0 aliphatic carbocycles. The summed E-state index contributed by atoms with van der Waals surface area (Å²) in [6.07, 6.45) is 2.06. The molecular weight excluding hydrogens is 258 g/mol. The van der Waals surface area contributed by atoms with Crippen molar-refractivity contribution in [2.45, 2.75) is 13.3 Å². The largest absolute Gasteiger partial charge is 0.491 e. The first-order valence-electron chi connectivity index (χ1n) is 6.50. The van der Waals surface area contributed by atoms with Gasteiger partial charge in [-0.2, -0.15) is 0 Å². The van der Waals surface area contributed by atoms with E-state index in [1.54, 1.807) is 18.2 Å². The average Bonchev–Trinajstić information content (AvgIpc) is 2.42. The maximum absolute atomic E-state index is 11.6. The van der Waals surface area contributed by atoms with Gasteiger partial charge in [0.05, 0.1) is 18.6 Å². The number of benzene rings is 1. The summed E-state index contributed by atoms with van der Waals surface area (Å²) in [6, 6.07) is 4.85. The third kappa shape index (κ3) is 5.19. The molecule has 0 atom stereocenters. The highest BCUT2D eigenvalue weighted by Crippen LogP contribution is 2.29. The maximum atomic E-state index is 11.6. The molecule has 1 rings (SSSR count). The quantitative estimate of drug-likeness (QED) is 0.502. The van der Waals surface area contributed by atoms with Crippen molar-refractivity contribution in [2.75, 3.05) is 25.0 Å². The molecule has 0 heterocycles. The van der Waals surface area contributed by atoms with Crippen LogP contribution in [0.4, 0.5) is 10.5 Å². The number of anilines is 1. The summed E-state index contributed by atoms with van der Waals surface area (Å²) < 4.78 is 10.8. The molecule has 0 bridgehead atoms. The van der Waals surface area contributed by atoms with E-state index in [-0.39, 0.29) is 6.03 Å². The van der Waals surface area contributed by atoms with Gasteiger partial charge in [0.2, 0.25) is 0 Å². The van der Waals surface area contributed by atoms with Crippen molar-refractivity contribution in [1.82, 2.24) is 5.32 Å². The predicted molar refractivity (Wildman–Crippen MR) is 79.1 cm³/mol. The molecule has 2 amide bonds. The van der Waals surface area contributed by atoms with Crippen LogP contribution >= 0.6 is 0 Å². The molecule has 0 aliphatic heterocycles. The second-order valence-electron chi connectivity index (χ2n) is 3.92. The van der Waals surface area contributed by atoms with Gasteiger partial charge in [-0.05, 0) is 32.0 Å². The van der Waals surface area contributed by atoms with Crippen molar-refractivity contribution >= 4 is 11.7 Å². The first-order chi connectivity index (χ1) is 9.71. The van der Waals surface area contributed by atoms with Crippen molar-refractivity contribution in [3.8, 4) is 11.5 Å². The van der Waals surface area contributed by atoms with E-state index in [1.807, 2.05) is 6.92 Å². The van der Waals surface area contributed by atoms with Gasteiger partial charge in [-0.15, -0.1) is 0 Å². The van der Waals surface area contributed by atoms with Crippen molar-refractivity contribution in [3.63, 3.8) is 0 Å². The lowest BCUT2D eigenvalue weighted by Gasteiger charge is -2.14. The van der Waals surface area contributed by atoms with Crippen LogP contribution in [0.25, 0.3) is 0 Å². The lowest BCUT2D eigenvalue weighted by molar-refractivity contribution is 0.252. The monoisotopic (exact) mass is 279 g/mol. The highest BCUT2D eigenvalue weighted by molar-refractivity contribution is 5.91. The van der Waals surface area contributed by atoms with Gasteiger partial charge in [-0.1, -0.05) is 6.58 Å². The Labute approximate surface area is 118 Å². The number of urea groups is 1. The predicted octanol–water partition coefficient (Wildman–Crippen LogP) is 2.08. The molecule has 1 aromatic carbocycles. The summed E-state index contributed by atoms with van der Waals surface area (Å²) in [4.78, 5) is 11.6. The molecule has 0 radical (unpaired) electrons. The number of carbonyl (C=O) groups excluding carboxylic acids is 1. The molecule has 0 spiro atoms. The number of hydrogen-bond acceptors (Lipinski definition) is 4. The molecule has 0 aliphatic rings. The van der Waals surface area contributed by atoms with Crippen LogP contribution in [-0.2, 0) is 0 Å². The number of nitrogens with two attached hydrogens (primary N) is 1. The Kier molecular flexibility index (Phi) is 6.99. The van der Waals surface area contributed by atoms with Gasteiger partial charge in [0.1, 0.15) is 11.5 Å². The van der Waals surface area contributed by atoms with Crippen LogP contribution in [0, 0.1) is 0 Å². The summed E-state index contributed by atoms with van der Waals surface area (Å²) in [6.45, 7) is 6.92. The van der Waals surface area contributed by atoms with Crippen molar-refractivity contribution in [2.24, 2.45) is 5.73 Å². The Morgan fingerprint density at radius 1 is 1.50 bits per heavy atom. The van der Waals surface area contributed by atoms with Crippen molar-refractivity contribution in [3.05, 3.63) is 31.0 Å². The molecule has 6 heteroatoms. The van der Waals surface area contributed by atoms with E-state index in [0.717, 1.165) is 6.42 Å². The van der Waals surface area contributed by atoms with Crippen LogP contribution in [0.15, 0.2) is 31.0 Å². The van der Waals surface area contributed by atoms with Crippen LogP contribution in [0.5, 0.6) is 11.5 Å². The van der Waals surface area contributed by atoms with E-state index in [0.29, 0.717) is 36.9 Å². The molecule has 0 fully saturated rings.